The van der Waals surface area contributed by atoms with E-state index in [0.717, 1.165) is 5.56 Å². The summed E-state index contributed by atoms with van der Waals surface area (Å²) >= 11 is 0. The number of nitro benzene ring substituents is 1. The molecule has 88 valence electrons. The Hall–Kier alpha value is -1.62. The topological polar surface area (TPSA) is 89.4 Å². The fourth-order valence-electron chi connectivity index (χ4n) is 1.46. The molecule has 0 aromatic heterocycles. The lowest BCUT2D eigenvalue weighted by atomic mass is 9.86. The minimum absolute atomic E-state index is 0.0808. The summed E-state index contributed by atoms with van der Waals surface area (Å²) in [7, 11) is 0. The SMILES string of the molecule is CC(C)(CN)Cc1ccc([N+](=O)[O-])c(O)c1. The molecule has 16 heavy (non-hydrogen) atoms. The molecular formula is C11H16N2O3. The molecular weight excluding hydrogens is 208 g/mol. The van der Waals surface area contributed by atoms with E-state index in [4.69, 9.17) is 5.73 Å². The highest BCUT2D eigenvalue weighted by Crippen LogP contribution is 2.29. The number of hydrogen-bond donors (Lipinski definition) is 2. The van der Waals surface area contributed by atoms with Crippen molar-refractivity contribution in [3.63, 3.8) is 0 Å². The maximum absolute atomic E-state index is 10.5. The van der Waals surface area contributed by atoms with Crippen molar-refractivity contribution >= 4 is 5.69 Å². The summed E-state index contributed by atoms with van der Waals surface area (Å²) in [4.78, 5) is 9.90. The van der Waals surface area contributed by atoms with Gasteiger partial charge in [-0.25, -0.2) is 0 Å². The van der Waals surface area contributed by atoms with Crippen LogP contribution in [0, 0.1) is 15.5 Å². The summed E-state index contributed by atoms with van der Waals surface area (Å²) in [6.45, 7) is 4.53. The minimum Gasteiger partial charge on any atom is -0.502 e. The molecule has 5 heteroatoms. The van der Waals surface area contributed by atoms with Crippen LogP contribution in [0.1, 0.15) is 19.4 Å². The molecule has 3 N–H and O–H groups in total. The van der Waals surface area contributed by atoms with Crippen molar-refractivity contribution in [1.29, 1.82) is 0 Å². The molecule has 0 heterocycles. The normalized spacial score (nSPS) is 11.4. The van der Waals surface area contributed by atoms with E-state index in [1.165, 1.54) is 12.1 Å². The first-order chi connectivity index (χ1) is 7.35. The smallest absolute Gasteiger partial charge is 0.310 e. The van der Waals surface area contributed by atoms with E-state index in [0.29, 0.717) is 13.0 Å². The Morgan fingerprint density at radius 1 is 1.50 bits per heavy atom. The molecule has 1 aromatic rings. The monoisotopic (exact) mass is 224 g/mol. The van der Waals surface area contributed by atoms with Crippen LogP contribution in [-0.2, 0) is 6.42 Å². The van der Waals surface area contributed by atoms with Crippen molar-refractivity contribution in [1.82, 2.24) is 0 Å². The van der Waals surface area contributed by atoms with Gasteiger partial charge in [0.05, 0.1) is 4.92 Å². The molecule has 0 aliphatic carbocycles. The average molecular weight is 224 g/mol. The van der Waals surface area contributed by atoms with Gasteiger partial charge in [0.2, 0.25) is 0 Å². The fourth-order valence-corrected chi connectivity index (χ4v) is 1.46. The summed E-state index contributed by atoms with van der Waals surface area (Å²) < 4.78 is 0. The second-order valence-corrected chi connectivity index (χ2v) is 4.63. The van der Waals surface area contributed by atoms with Gasteiger partial charge in [-0.05, 0) is 30.0 Å². The van der Waals surface area contributed by atoms with Crippen molar-refractivity contribution in [2.75, 3.05) is 6.54 Å². The molecule has 0 atom stereocenters. The van der Waals surface area contributed by atoms with Gasteiger partial charge in [-0.2, -0.15) is 0 Å². The standard InChI is InChI=1S/C11H16N2O3/c1-11(2,7-12)6-8-3-4-9(13(15)16)10(14)5-8/h3-5,14H,6-7,12H2,1-2H3. The van der Waals surface area contributed by atoms with E-state index in [2.05, 4.69) is 0 Å². The number of phenolic OH excluding ortho intramolecular Hbond substituents is 1. The van der Waals surface area contributed by atoms with Gasteiger partial charge in [-0.15, -0.1) is 0 Å². The molecule has 0 fully saturated rings. The van der Waals surface area contributed by atoms with Gasteiger partial charge < -0.3 is 10.8 Å². The highest BCUT2D eigenvalue weighted by Gasteiger charge is 2.19. The first-order valence-corrected chi connectivity index (χ1v) is 5.02. The van der Waals surface area contributed by atoms with Gasteiger partial charge in [0, 0.05) is 6.07 Å². The lowest BCUT2D eigenvalue weighted by Crippen LogP contribution is -2.25. The minimum atomic E-state index is -0.604. The van der Waals surface area contributed by atoms with Crippen molar-refractivity contribution < 1.29 is 10.0 Å². The van der Waals surface area contributed by atoms with E-state index in [1.807, 2.05) is 13.8 Å². The summed E-state index contributed by atoms with van der Waals surface area (Å²) in [5.74, 6) is -0.296. The Labute approximate surface area is 94.0 Å². The number of nitrogens with two attached hydrogens (primary N) is 1. The molecule has 0 bridgehead atoms. The number of phenols is 1. The van der Waals surface area contributed by atoms with Crippen molar-refractivity contribution in [3.05, 3.63) is 33.9 Å². The third-order valence-corrected chi connectivity index (χ3v) is 2.47. The van der Waals surface area contributed by atoms with Crippen molar-refractivity contribution in [2.24, 2.45) is 11.1 Å². The maximum atomic E-state index is 10.5. The Kier molecular flexibility index (Phi) is 3.49. The van der Waals surface area contributed by atoms with E-state index in [-0.39, 0.29) is 16.9 Å². The van der Waals surface area contributed by atoms with Gasteiger partial charge in [-0.3, -0.25) is 10.1 Å². The second kappa shape index (κ2) is 4.49. The zero-order chi connectivity index (χ0) is 12.3. The molecule has 0 aliphatic heterocycles. The molecule has 0 unspecified atom stereocenters. The van der Waals surface area contributed by atoms with Crippen LogP contribution < -0.4 is 5.73 Å². The molecule has 1 rings (SSSR count). The first kappa shape index (κ1) is 12.4. The molecule has 0 saturated carbocycles. The summed E-state index contributed by atoms with van der Waals surface area (Å²) in [5, 5.41) is 20.0. The van der Waals surface area contributed by atoms with Crippen LogP contribution in [0.4, 0.5) is 5.69 Å². The van der Waals surface area contributed by atoms with E-state index >= 15 is 0 Å². The average Bonchev–Trinajstić information content (AvgIpc) is 2.16. The van der Waals surface area contributed by atoms with Gasteiger partial charge >= 0.3 is 5.69 Å². The molecule has 0 saturated heterocycles. The number of hydrogen-bond acceptors (Lipinski definition) is 4. The second-order valence-electron chi connectivity index (χ2n) is 4.63. The van der Waals surface area contributed by atoms with Crippen LogP contribution in [0.3, 0.4) is 0 Å². The van der Waals surface area contributed by atoms with Crippen LogP contribution in [-0.4, -0.2) is 16.6 Å². The Morgan fingerprint density at radius 2 is 2.12 bits per heavy atom. The number of rotatable bonds is 4. The number of benzene rings is 1. The third-order valence-electron chi connectivity index (χ3n) is 2.47. The third kappa shape index (κ3) is 2.93. The molecule has 1 aromatic carbocycles. The predicted octanol–water partition coefficient (Wildman–Crippen LogP) is 1.83. The molecule has 0 radical (unpaired) electrons. The molecule has 0 amide bonds. The zero-order valence-electron chi connectivity index (χ0n) is 9.43. The van der Waals surface area contributed by atoms with Gasteiger partial charge in [0.15, 0.2) is 5.75 Å². The number of aromatic hydroxyl groups is 1. The quantitative estimate of drug-likeness (QED) is 0.603. The highest BCUT2D eigenvalue weighted by molar-refractivity contribution is 5.47. The van der Waals surface area contributed by atoms with Crippen molar-refractivity contribution in [3.8, 4) is 5.75 Å². The van der Waals surface area contributed by atoms with Crippen LogP contribution >= 0.6 is 0 Å². The van der Waals surface area contributed by atoms with Gasteiger partial charge in [-0.1, -0.05) is 19.9 Å². The highest BCUT2D eigenvalue weighted by atomic mass is 16.6. The fraction of sp³-hybridized carbons (Fsp3) is 0.455. The summed E-state index contributed by atoms with van der Waals surface area (Å²) in [6, 6.07) is 4.39. The molecule has 0 aliphatic rings. The van der Waals surface area contributed by atoms with Gasteiger partial charge in [0.1, 0.15) is 0 Å². The molecule has 5 nitrogen and oxygen atoms in total. The summed E-state index contributed by atoms with van der Waals surface area (Å²) in [5.41, 5.74) is 6.10. The lowest BCUT2D eigenvalue weighted by Gasteiger charge is -2.22. The lowest BCUT2D eigenvalue weighted by molar-refractivity contribution is -0.385. The van der Waals surface area contributed by atoms with E-state index in [9.17, 15) is 15.2 Å². The van der Waals surface area contributed by atoms with Crippen LogP contribution in [0.2, 0.25) is 0 Å². The van der Waals surface area contributed by atoms with Crippen LogP contribution in [0.5, 0.6) is 5.75 Å². The Morgan fingerprint density at radius 3 is 2.56 bits per heavy atom. The van der Waals surface area contributed by atoms with Gasteiger partial charge in [0.25, 0.3) is 0 Å². The summed E-state index contributed by atoms with van der Waals surface area (Å²) in [6.07, 6.45) is 0.676. The Balaban J connectivity index is 2.94. The van der Waals surface area contributed by atoms with Crippen molar-refractivity contribution in [2.45, 2.75) is 20.3 Å². The largest absolute Gasteiger partial charge is 0.502 e. The van der Waals surface area contributed by atoms with E-state index in [1.54, 1.807) is 6.07 Å². The van der Waals surface area contributed by atoms with E-state index < -0.39 is 4.92 Å². The first-order valence-electron chi connectivity index (χ1n) is 5.02. The van der Waals surface area contributed by atoms with Crippen LogP contribution in [0.25, 0.3) is 0 Å². The predicted molar refractivity (Wildman–Crippen MR) is 61.3 cm³/mol. The molecule has 0 spiro atoms. The van der Waals surface area contributed by atoms with Crippen LogP contribution in [0.15, 0.2) is 18.2 Å². The maximum Gasteiger partial charge on any atom is 0.310 e. The number of nitrogens with zero attached hydrogens (tertiary/aromatic N) is 1. The Bertz CT molecular complexity index is 402. The zero-order valence-corrected chi connectivity index (χ0v) is 9.43. The number of nitro groups is 1.